The van der Waals surface area contributed by atoms with Gasteiger partial charge in [0.05, 0.1) is 13.2 Å². The molecule has 14 heavy (non-hydrogen) atoms. The molecular weight excluding hydrogens is 188 g/mol. The predicted octanol–water partition coefficient (Wildman–Crippen LogP) is -0.0476. The summed E-state index contributed by atoms with van der Waals surface area (Å²) in [6.45, 7) is 0.951. The van der Waals surface area contributed by atoms with Crippen molar-refractivity contribution in [2.75, 3.05) is 13.2 Å². The molecule has 2 heterocycles. The van der Waals surface area contributed by atoms with Crippen molar-refractivity contribution in [3.8, 4) is 5.88 Å². The molecule has 0 aliphatic carbocycles. The molecule has 0 atom stereocenters. The monoisotopic (exact) mass is 196 g/mol. The van der Waals surface area contributed by atoms with Gasteiger partial charge < -0.3 is 14.6 Å². The molecule has 0 radical (unpaired) electrons. The van der Waals surface area contributed by atoms with Crippen LogP contribution < -0.4 is 4.74 Å². The maximum Gasteiger partial charge on any atom is 0.342 e. The van der Waals surface area contributed by atoms with Crippen LogP contribution >= 0.6 is 0 Å². The van der Waals surface area contributed by atoms with Crippen LogP contribution in [0.5, 0.6) is 5.88 Å². The molecular formula is C8H8N2O4. The topological polar surface area (TPSA) is 81.5 Å². The number of hydrogen-bond acceptors (Lipinski definition) is 5. The van der Waals surface area contributed by atoms with Crippen LogP contribution in [0.3, 0.4) is 0 Å². The smallest absolute Gasteiger partial charge is 0.342 e. The first-order valence-corrected chi connectivity index (χ1v) is 4.05. The van der Waals surface area contributed by atoms with Crippen molar-refractivity contribution in [1.82, 2.24) is 9.97 Å². The summed E-state index contributed by atoms with van der Waals surface area (Å²) in [7, 11) is 0. The van der Waals surface area contributed by atoms with Crippen molar-refractivity contribution in [3.05, 3.63) is 18.1 Å². The number of carboxylic acid groups (broad SMARTS) is 1. The summed E-state index contributed by atoms with van der Waals surface area (Å²) >= 11 is 0. The highest BCUT2D eigenvalue weighted by molar-refractivity contribution is 5.89. The van der Waals surface area contributed by atoms with Gasteiger partial charge in [-0.2, -0.15) is 0 Å². The van der Waals surface area contributed by atoms with Crippen LogP contribution in [0.15, 0.2) is 12.5 Å². The van der Waals surface area contributed by atoms with E-state index >= 15 is 0 Å². The van der Waals surface area contributed by atoms with Gasteiger partial charge in [0.25, 0.3) is 0 Å². The van der Waals surface area contributed by atoms with Crippen molar-refractivity contribution in [2.24, 2.45) is 0 Å². The van der Waals surface area contributed by atoms with Crippen molar-refractivity contribution in [1.29, 1.82) is 0 Å². The summed E-state index contributed by atoms with van der Waals surface area (Å²) in [5.41, 5.74) is -0.0283. The zero-order chi connectivity index (χ0) is 9.97. The van der Waals surface area contributed by atoms with Crippen LogP contribution in [-0.2, 0) is 4.74 Å². The third kappa shape index (κ3) is 1.64. The Morgan fingerprint density at radius 1 is 1.64 bits per heavy atom. The molecule has 0 saturated carbocycles. The zero-order valence-electron chi connectivity index (χ0n) is 7.21. The van der Waals surface area contributed by atoms with Crippen molar-refractivity contribution in [3.63, 3.8) is 0 Å². The van der Waals surface area contributed by atoms with E-state index in [1.165, 1.54) is 12.5 Å². The quantitative estimate of drug-likeness (QED) is 0.730. The number of aromatic nitrogens is 2. The van der Waals surface area contributed by atoms with Gasteiger partial charge in [-0.3, -0.25) is 0 Å². The van der Waals surface area contributed by atoms with E-state index < -0.39 is 5.97 Å². The summed E-state index contributed by atoms with van der Waals surface area (Å²) in [6.07, 6.45) is 2.37. The van der Waals surface area contributed by atoms with Gasteiger partial charge in [0.1, 0.15) is 18.0 Å². The van der Waals surface area contributed by atoms with E-state index in [0.717, 1.165) is 0 Å². The minimum absolute atomic E-state index is 0.0283. The van der Waals surface area contributed by atoms with Crippen molar-refractivity contribution in [2.45, 2.75) is 6.10 Å². The van der Waals surface area contributed by atoms with Crippen LogP contribution in [0.25, 0.3) is 0 Å². The molecule has 6 nitrogen and oxygen atoms in total. The Kier molecular flexibility index (Phi) is 2.28. The Hall–Kier alpha value is -1.69. The summed E-state index contributed by atoms with van der Waals surface area (Å²) in [5, 5.41) is 8.78. The molecule has 74 valence electrons. The largest absolute Gasteiger partial charge is 0.477 e. The molecule has 2 rings (SSSR count). The van der Waals surface area contributed by atoms with E-state index in [4.69, 9.17) is 14.6 Å². The first-order chi connectivity index (χ1) is 6.77. The lowest BCUT2D eigenvalue weighted by molar-refractivity contribution is -0.0816. The number of carboxylic acids is 1. The molecule has 1 N–H and O–H groups in total. The first kappa shape index (κ1) is 8.89. The molecule has 1 aliphatic heterocycles. The standard InChI is InChI=1S/C8H8N2O4/c11-8(12)6-1-9-4-10-7(6)14-5-2-13-3-5/h1,4-5H,2-3H2,(H,11,12). The van der Waals surface area contributed by atoms with Crippen molar-refractivity contribution >= 4 is 5.97 Å². The van der Waals surface area contributed by atoms with Crippen LogP contribution in [0.4, 0.5) is 0 Å². The molecule has 0 aromatic carbocycles. The lowest BCUT2D eigenvalue weighted by atomic mass is 10.3. The third-order valence-electron chi connectivity index (χ3n) is 1.79. The van der Waals surface area contributed by atoms with Crippen LogP contribution in [0, 0.1) is 0 Å². The maximum atomic E-state index is 10.7. The predicted molar refractivity (Wildman–Crippen MR) is 44.2 cm³/mol. The molecule has 6 heteroatoms. The minimum Gasteiger partial charge on any atom is -0.477 e. The van der Waals surface area contributed by atoms with E-state index in [-0.39, 0.29) is 17.5 Å². The zero-order valence-corrected chi connectivity index (χ0v) is 7.21. The fourth-order valence-corrected chi connectivity index (χ4v) is 0.999. The van der Waals surface area contributed by atoms with E-state index in [2.05, 4.69) is 9.97 Å². The van der Waals surface area contributed by atoms with Gasteiger partial charge in [-0.25, -0.2) is 14.8 Å². The highest BCUT2D eigenvalue weighted by atomic mass is 16.6. The summed E-state index contributed by atoms with van der Waals surface area (Å²) in [6, 6.07) is 0. The van der Waals surface area contributed by atoms with Gasteiger partial charge in [-0.05, 0) is 0 Å². The second-order valence-corrected chi connectivity index (χ2v) is 2.82. The highest BCUT2D eigenvalue weighted by Gasteiger charge is 2.23. The second kappa shape index (κ2) is 3.59. The number of rotatable bonds is 3. The highest BCUT2D eigenvalue weighted by Crippen LogP contribution is 2.17. The van der Waals surface area contributed by atoms with Crippen LogP contribution in [0.2, 0.25) is 0 Å². The lowest BCUT2D eigenvalue weighted by Crippen LogP contribution is -2.39. The van der Waals surface area contributed by atoms with Gasteiger partial charge in [0.15, 0.2) is 0 Å². The molecule has 1 fully saturated rings. The van der Waals surface area contributed by atoms with E-state index in [0.29, 0.717) is 13.2 Å². The van der Waals surface area contributed by atoms with E-state index in [9.17, 15) is 4.79 Å². The van der Waals surface area contributed by atoms with Crippen LogP contribution in [0.1, 0.15) is 10.4 Å². The van der Waals surface area contributed by atoms with Gasteiger partial charge in [-0.15, -0.1) is 0 Å². The summed E-state index contributed by atoms with van der Waals surface area (Å²) in [5.74, 6) is -0.998. The molecule has 1 saturated heterocycles. The molecule has 0 spiro atoms. The van der Waals surface area contributed by atoms with E-state index in [1.54, 1.807) is 0 Å². The molecule has 0 amide bonds. The van der Waals surface area contributed by atoms with Gasteiger partial charge in [-0.1, -0.05) is 0 Å². The number of hydrogen-bond donors (Lipinski definition) is 1. The van der Waals surface area contributed by atoms with Crippen LogP contribution in [-0.4, -0.2) is 40.4 Å². The Balaban J connectivity index is 2.17. The minimum atomic E-state index is -1.10. The SMILES string of the molecule is O=C(O)c1cncnc1OC1COC1. The number of nitrogens with zero attached hydrogens (tertiary/aromatic N) is 2. The molecule has 0 unspecified atom stereocenters. The average Bonchev–Trinajstić information content (AvgIpc) is 2.12. The second-order valence-electron chi connectivity index (χ2n) is 2.82. The fraction of sp³-hybridized carbons (Fsp3) is 0.375. The number of ether oxygens (including phenoxy) is 2. The Morgan fingerprint density at radius 3 is 3.00 bits per heavy atom. The third-order valence-corrected chi connectivity index (χ3v) is 1.79. The molecule has 0 bridgehead atoms. The van der Waals surface area contributed by atoms with Gasteiger partial charge >= 0.3 is 5.97 Å². The maximum absolute atomic E-state index is 10.7. The van der Waals surface area contributed by atoms with Gasteiger partial charge in [0, 0.05) is 6.20 Å². The number of aromatic carboxylic acids is 1. The summed E-state index contributed by atoms with van der Waals surface area (Å²) in [4.78, 5) is 18.1. The van der Waals surface area contributed by atoms with Crippen molar-refractivity contribution < 1.29 is 19.4 Å². The Bertz CT molecular complexity index is 351. The lowest BCUT2D eigenvalue weighted by Gasteiger charge is -2.26. The summed E-state index contributed by atoms with van der Waals surface area (Å²) < 4.78 is 10.2. The van der Waals surface area contributed by atoms with E-state index in [1.807, 2.05) is 0 Å². The molecule has 1 aliphatic rings. The Labute approximate surface area is 79.5 Å². The molecule has 1 aromatic heterocycles. The fourth-order valence-electron chi connectivity index (χ4n) is 0.999. The average molecular weight is 196 g/mol. The number of carbonyl (C=O) groups is 1. The first-order valence-electron chi connectivity index (χ1n) is 4.05. The molecule has 1 aromatic rings. The Morgan fingerprint density at radius 2 is 2.43 bits per heavy atom. The normalized spacial score (nSPS) is 16.0. The van der Waals surface area contributed by atoms with Gasteiger partial charge in [0.2, 0.25) is 5.88 Å².